The van der Waals surface area contributed by atoms with Crippen LogP contribution >= 0.6 is 0 Å². The van der Waals surface area contributed by atoms with Crippen molar-refractivity contribution in [3.05, 3.63) is 182 Å². The summed E-state index contributed by atoms with van der Waals surface area (Å²) < 4.78 is 13.7. The molecule has 2 aromatic heterocycles. The molecule has 0 bridgehead atoms. The number of benzene rings is 8. The number of hydrogen-bond donors (Lipinski definition) is 0. The van der Waals surface area contributed by atoms with E-state index in [0.29, 0.717) is 0 Å². The molecule has 0 amide bonds. The maximum absolute atomic E-state index is 6.86. The molecule has 10 rings (SSSR count). The zero-order valence-electron chi connectivity index (χ0n) is 27.1. The van der Waals surface area contributed by atoms with E-state index in [1.165, 1.54) is 11.1 Å². The minimum atomic E-state index is 0.823. The second kappa shape index (κ2) is 11.5. The first-order valence-electron chi connectivity index (χ1n) is 17.0. The summed E-state index contributed by atoms with van der Waals surface area (Å²) in [5, 5.41) is 4.31. The van der Waals surface area contributed by atoms with Crippen molar-refractivity contribution < 1.29 is 8.83 Å². The molecular weight excluding hydrogens is 609 g/mol. The van der Waals surface area contributed by atoms with Gasteiger partial charge in [-0.2, -0.15) is 0 Å². The van der Waals surface area contributed by atoms with E-state index in [-0.39, 0.29) is 0 Å². The molecule has 0 spiro atoms. The zero-order valence-corrected chi connectivity index (χ0v) is 27.1. The van der Waals surface area contributed by atoms with Crippen LogP contribution in [-0.2, 0) is 0 Å². The van der Waals surface area contributed by atoms with E-state index in [9.17, 15) is 0 Å². The van der Waals surface area contributed by atoms with E-state index in [4.69, 9.17) is 8.83 Å². The van der Waals surface area contributed by atoms with Gasteiger partial charge in [-0.15, -0.1) is 0 Å². The molecule has 0 aliphatic rings. The van der Waals surface area contributed by atoms with E-state index in [1.54, 1.807) is 0 Å². The first-order valence-corrected chi connectivity index (χ1v) is 17.0. The van der Waals surface area contributed by atoms with Crippen LogP contribution in [0.4, 0.5) is 0 Å². The molecule has 0 N–H and O–H groups in total. The molecule has 234 valence electrons. The smallest absolute Gasteiger partial charge is 0.147 e. The Labute approximate surface area is 289 Å². The summed E-state index contributed by atoms with van der Waals surface area (Å²) in [5.74, 6) is 0. The molecule has 0 unspecified atom stereocenters. The molecule has 2 heterocycles. The lowest BCUT2D eigenvalue weighted by Gasteiger charge is -2.12. The number of fused-ring (bicyclic) bond motifs is 6. The molecule has 0 atom stereocenters. The molecule has 50 heavy (non-hydrogen) atoms. The van der Waals surface area contributed by atoms with Crippen LogP contribution in [0.3, 0.4) is 0 Å². The highest BCUT2D eigenvalue weighted by Gasteiger charge is 2.23. The average Bonchev–Trinajstić information content (AvgIpc) is 3.75. The van der Waals surface area contributed by atoms with Crippen molar-refractivity contribution in [1.29, 1.82) is 0 Å². The summed E-state index contributed by atoms with van der Waals surface area (Å²) in [6.45, 7) is 0. The first-order chi connectivity index (χ1) is 24.8. The lowest BCUT2D eigenvalue weighted by atomic mass is 9.91. The fourth-order valence-corrected chi connectivity index (χ4v) is 7.39. The molecule has 2 heteroatoms. The highest BCUT2D eigenvalue weighted by atomic mass is 16.3. The molecule has 0 saturated carbocycles. The minimum Gasteiger partial charge on any atom is -0.455 e. The summed E-state index contributed by atoms with van der Waals surface area (Å²) >= 11 is 0. The van der Waals surface area contributed by atoms with Gasteiger partial charge < -0.3 is 8.83 Å². The van der Waals surface area contributed by atoms with E-state index >= 15 is 0 Å². The number of hydrogen-bond acceptors (Lipinski definition) is 2. The maximum Gasteiger partial charge on any atom is 0.147 e. The van der Waals surface area contributed by atoms with Crippen molar-refractivity contribution in [2.24, 2.45) is 0 Å². The highest BCUT2D eigenvalue weighted by molar-refractivity contribution is 6.22. The van der Waals surface area contributed by atoms with E-state index in [2.05, 4.69) is 182 Å². The lowest BCUT2D eigenvalue weighted by Crippen LogP contribution is -1.87. The third kappa shape index (κ3) is 4.73. The highest BCUT2D eigenvalue weighted by Crippen LogP contribution is 2.47. The topological polar surface area (TPSA) is 26.3 Å². The van der Waals surface area contributed by atoms with E-state index < -0.39 is 0 Å². The van der Waals surface area contributed by atoms with Gasteiger partial charge in [0, 0.05) is 21.5 Å². The largest absolute Gasteiger partial charge is 0.455 e. The van der Waals surface area contributed by atoms with Gasteiger partial charge in [-0.25, -0.2) is 0 Å². The fourth-order valence-electron chi connectivity index (χ4n) is 7.39. The normalized spacial score (nSPS) is 11.6. The van der Waals surface area contributed by atoms with Gasteiger partial charge in [0.2, 0.25) is 0 Å². The average molecular weight is 639 g/mol. The van der Waals surface area contributed by atoms with Crippen LogP contribution in [-0.4, -0.2) is 0 Å². The Morgan fingerprint density at radius 1 is 0.240 bits per heavy atom. The Kier molecular flexibility index (Phi) is 6.53. The second-order valence-corrected chi connectivity index (χ2v) is 12.9. The third-order valence-electron chi connectivity index (χ3n) is 9.85. The Balaban J connectivity index is 1.32. The van der Waals surface area contributed by atoms with Crippen LogP contribution in [0.15, 0.2) is 191 Å². The van der Waals surface area contributed by atoms with Crippen LogP contribution in [0.1, 0.15) is 0 Å². The molecule has 2 nitrogen and oxygen atoms in total. The van der Waals surface area contributed by atoms with Crippen LogP contribution in [0.2, 0.25) is 0 Å². The molecule has 0 radical (unpaired) electrons. The van der Waals surface area contributed by atoms with Crippen molar-refractivity contribution in [2.75, 3.05) is 0 Å². The molecule has 0 fully saturated rings. The lowest BCUT2D eigenvalue weighted by molar-refractivity contribution is 0.658. The van der Waals surface area contributed by atoms with Crippen molar-refractivity contribution >= 4 is 43.9 Å². The van der Waals surface area contributed by atoms with Crippen molar-refractivity contribution in [2.45, 2.75) is 0 Å². The number of rotatable bonds is 5. The monoisotopic (exact) mass is 638 g/mol. The fraction of sp³-hybridized carbons (Fsp3) is 0. The summed E-state index contributed by atoms with van der Waals surface area (Å²) in [5.41, 5.74) is 14.6. The van der Waals surface area contributed by atoms with Crippen LogP contribution in [0.25, 0.3) is 99.5 Å². The third-order valence-corrected chi connectivity index (χ3v) is 9.85. The minimum absolute atomic E-state index is 0.823. The van der Waals surface area contributed by atoms with Crippen LogP contribution in [0.5, 0.6) is 0 Å². The van der Waals surface area contributed by atoms with E-state index in [1.807, 2.05) is 0 Å². The Hall–Kier alpha value is -6.64. The zero-order chi connectivity index (χ0) is 33.0. The molecule has 10 aromatic rings. The Morgan fingerprint density at radius 2 is 0.600 bits per heavy atom. The summed E-state index contributed by atoms with van der Waals surface area (Å²) in [4.78, 5) is 0. The van der Waals surface area contributed by atoms with E-state index in [0.717, 1.165) is 88.4 Å². The molecule has 0 aliphatic heterocycles. The Morgan fingerprint density at radius 3 is 1.00 bits per heavy atom. The summed E-state index contributed by atoms with van der Waals surface area (Å²) in [6.07, 6.45) is 0. The first kappa shape index (κ1) is 28.4. The quantitative estimate of drug-likeness (QED) is 0.187. The molecular formula is C48H30O2. The van der Waals surface area contributed by atoms with Crippen LogP contribution < -0.4 is 0 Å². The molecule has 8 aromatic carbocycles. The second-order valence-electron chi connectivity index (χ2n) is 12.9. The standard InChI is InChI=1S/C48H30O2/c1-5-13-31(14-6-1)35-21-23-44-40(28-35)42-30-43-41-29-36(32-15-7-2-8-16-32)22-24-45(41)50-48(43)46(47(42)49-44)39-26-37(33-17-9-3-10-18-33)25-38(27-39)34-19-11-4-12-20-34/h1-30H. The van der Waals surface area contributed by atoms with Crippen molar-refractivity contribution in [3.63, 3.8) is 0 Å². The predicted octanol–water partition coefficient (Wildman–Crippen LogP) is 13.8. The molecule has 0 saturated heterocycles. The van der Waals surface area contributed by atoms with Gasteiger partial charge in [0.25, 0.3) is 0 Å². The summed E-state index contributed by atoms with van der Waals surface area (Å²) in [7, 11) is 0. The van der Waals surface area contributed by atoms with Crippen LogP contribution in [0, 0.1) is 0 Å². The predicted molar refractivity (Wildman–Crippen MR) is 208 cm³/mol. The molecule has 0 aliphatic carbocycles. The van der Waals surface area contributed by atoms with Gasteiger partial charge in [-0.3, -0.25) is 0 Å². The van der Waals surface area contributed by atoms with Gasteiger partial charge in [-0.1, -0.05) is 133 Å². The number of furan rings is 2. The Bertz CT molecular complexity index is 2640. The van der Waals surface area contributed by atoms with Gasteiger partial charge >= 0.3 is 0 Å². The van der Waals surface area contributed by atoms with Crippen molar-refractivity contribution in [1.82, 2.24) is 0 Å². The van der Waals surface area contributed by atoms with Gasteiger partial charge in [0.1, 0.15) is 22.3 Å². The SMILES string of the molecule is c1ccc(-c2cc(-c3ccccc3)cc(-c3c4oc5ccc(-c6ccccc6)cc5c4cc4c3oc3ccc(-c5ccccc5)cc34)c2)cc1. The summed E-state index contributed by atoms with van der Waals surface area (Å²) in [6, 6.07) is 64.4. The van der Waals surface area contributed by atoms with Gasteiger partial charge in [-0.05, 0) is 98.6 Å². The maximum atomic E-state index is 6.86. The van der Waals surface area contributed by atoms with Gasteiger partial charge in [0.15, 0.2) is 0 Å². The van der Waals surface area contributed by atoms with Gasteiger partial charge in [0.05, 0.1) is 5.56 Å². The van der Waals surface area contributed by atoms with Crippen molar-refractivity contribution in [3.8, 4) is 55.6 Å².